The second kappa shape index (κ2) is 7.44. The van der Waals surface area contributed by atoms with Crippen molar-refractivity contribution in [3.05, 3.63) is 40.7 Å². The molecule has 1 aromatic carbocycles. The highest BCUT2D eigenvalue weighted by Gasteiger charge is 2.07. The lowest BCUT2D eigenvalue weighted by Gasteiger charge is -2.09. The molecule has 1 heterocycles. The van der Waals surface area contributed by atoms with Crippen LogP contribution in [0.1, 0.15) is 26.2 Å². The van der Waals surface area contributed by atoms with Gasteiger partial charge in [-0.05, 0) is 30.7 Å². The van der Waals surface area contributed by atoms with Crippen LogP contribution in [0, 0.1) is 0 Å². The first-order valence-electron chi connectivity index (χ1n) is 7.04. The van der Waals surface area contributed by atoms with Crippen LogP contribution in [0.15, 0.2) is 35.1 Å². The SMILES string of the molecule is CCCCCOc1ccc(-c2n[nH]c(=O)cc2NN)cc1. The van der Waals surface area contributed by atoms with Crippen LogP contribution in [0.5, 0.6) is 5.75 Å². The number of nitrogens with two attached hydrogens (primary N) is 1. The highest BCUT2D eigenvalue weighted by atomic mass is 16.5. The maximum Gasteiger partial charge on any atom is 0.266 e. The van der Waals surface area contributed by atoms with Crippen LogP contribution in [-0.2, 0) is 0 Å². The van der Waals surface area contributed by atoms with Crippen molar-refractivity contribution in [2.24, 2.45) is 5.84 Å². The van der Waals surface area contributed by atoms with Gasteiger partial charge in [0.2, 0.25) is 0 Å². The Morgan fingerprint density at radius 1 is 1.29 bits per heavy atom. The minimum Gasteiger partial charge on any atom is -0.494 e. The van der Waals surface area contributed by atoms with E-state index in [2.05, 4.69) is 22.5 Å². The van der Waals surface area contributed by atoms with E-state index in [1.807, 2.05) is 24.3 Å². The minimum atomic E-state index is -0.303. The molecule has 0 saturated heterocycles. The van der Waals surface area contributed by atoms with Crippen LogP contribution in [0.2, 0.25) is 0 Å². The van der Waals surface area contributed by atoms with Gasteiger partial charge in [-0.3, -0.25) is 10.6 Å². The monoisotopic (exact) mass is 288 g/mol. The van der Waals surface area contributed by atoms with Crippen molar-refractivity contribution in [2.75, 3.05) is 12.0 Å². The lowest BCUT2D eigenvalue weighted by atomic mass is 10.1. The number of hydrogen-bond acceptors (Lipinski definition) is 5. The fourth-order valence-electron chi connectivity index (χ4n) is 1.98. The zero-order chi connectivity index (χ0) is 15.1. The van der Waals surface area contributed by atoms with E-state index < -0.39 is 0 Å². The second-order valence-corrected chi connectivity index (χ2v) is 4.72. The molecule has 0 aliphatic heterocycles. The number of aromatic nitrogens is 2. The number of nitrogens with zero attached hydrogens (tertiary/aromatic N) is 1. The van der Waals surface area contributed by atoms with Crippen molar-refractivity contribution in [1.29, 1.82) is 0 Å². The number of anilines is 1. The Morgan fingerprint density at radius 3 is 2.71 bits per heavy atom. The van der Waals surface area contributed by atoms with Crippen molar-refractivity contribution in [3.8, 4) is 17.0 Å². The lowest BCUT2D eigenvalue weighted by Crippen LogP contribution is -2.15. The summed E-state index contributed by atoms with van der Waals surface area (Å²) in [5.41, 5.74) is 4.10. The van der Waals surface area contributed by atoms with Crippen molar-refractivity contribution in [3.63, 3.8) is 0 Å². The Morgan fingerprint density at radius 2 is 2.05 bits per heavy atom. The summed E-state index contributed by atoms with van der Waals surface area (Å²) in [6.45, 7) is 2.88. The van der Waals surface area contributed by atoms with E-state index in [1.165, 1.54) is 18.9 Å². The number of rotatable bonds is 7. The first kappa shape index (κ1) is 15.1. The molecular weight excluding hydrogens is 268 g/mol. The number of hydrazine groups is 1. The topological polar surface area (TPSA) is 93.0 Å². The molecule has 21 heavy (non-hydrogen) atoms. The van der Waals surface area contributed by atoms with Crippen LogP contribution in [0.3, 0.4) is 0 Å². The number of aromatic amines is 1. The number of ether oxygens (including phenoxy) is 1. The van der Waals surface area contributed by atoms with Crippen molar-refractivity contribution in [1.82, 2.24) is 10.2 Å². The van der Waals surface area contributed by atoms with Crippen molar-refractivity contribution < 1.29 is 4.74 Å². The average Bonchev–Trinajstić information content (AvgIpc) is 2.52. The quantitative estimate of drug-likeness (QED) is 0.413. The summed E-state index contributed by atoms with van der Waals surface area (Å²) in [7, 11) is 0. The first-order valence-corrected chi connectivity index (χ1v) is 7.04. The smallest absolute Gasteiger partial charge is 0.266 e. The largest absolute Gasteiger partial charge is 0.494 e. The van der Waals surface area contributed by atoms with Gasteiger partial charge in [-0.2, -0.15) is 5.10 Å². The molecule has 6 nitrogen and oxygen atoms in total. The van der Waals surface area contributed by atoms with Gasteiger partial charge in [-0.25, -0.2) is 5.10 Å². The highest BCUT2D eigenvalue weighted by molar-refractivity contribution is 5.73. The van der Waals surface area contributed by atoms with Crippen LogP contribution in [0.25, 0.3) is 11.3 Å². The lowest BCUT2D eigenvalue weighted by molar-refractivity contribution is 0.306. The molecule has 0 atom stereocenters. The Kier molecular flexibility index (Phi) is 5.34. The van der Waals surface area contributed by atoms with E-state index >= 15 is 0 Å². The van der Waals surface area contributed by atoms with E-state index in [0.29, 0.717) is 11.4 Å². The molecule has 0 unspecified atom stereocenters. The van der Waals surface area contributed by atoms with Gasteiger partial charge >= 0.3 is 0 Å². The molecule has 4 N–H and O–H groups in total. The van der Waals surface area contributed by atoms with Gasteiger partial charge in [-0.15, -0.1) is 0 Å². The third-order valence-electron chi connectivity index (χ3n) is 3.11. The number of benzene rings is 1. The predicted octanol–water partition coefficient (Wildman–Crippen LogP) is 2.29. The fraction of sp³-hybridized carbons (Fsp3) is 0.333. The van der Waals surface area contributed by atoms with E-state index in [1.54, 1.807) is 0 Å². The van der Waals surface area contributed by atoms with Gasteiger partial charge < -0.3 is 10.2 Å². The molecule has 6 heteroatoms. The fourth-order valence-corrected chi connectivity index (χ4v) is 1.98. The average molecular weight is 288 g/mol. The normalized spacial score (nSPS) is 10.4. The van der Waals surface area contributed by atoms with Gasteiger partial charge in [0, 0.05) is 11.6 Å². The molecule has 0 bridgehead atoms. The maximum atomic E-state index is 11.2. The third-order valence-corrected chi connectivity index (χ3v) is 3.11. The molecule has 1 aromatic heterocycles. The maximum absolute atomic E-state index is 11.2. The zero-order valence-electron chi connectivity index (χ0n) is 12.1. The molecule has 0 amide bonds. The van der Waals surface area contributed by atoms with Crippen LogP contribution >= 0.6 is 0 Å². The summed E-state index contributed by atoms with van der Waals surface area (Å²) < 4.78 is 5.66. The van der Waals surface area contributed by atoms with Crippen LogP contribution in [0.4, 0.5) is 5.69 Å². The minimum absolute atomic E-state index is 0.303. The van der Waals surface area contributed by atoms with E-state index in [0.717, 1.165) is 24.3 Å². The summed E-state index contributed by atoms with van der Waals surface area (Å²) in [4.78, 5) is 11.2. The Bertz CT molecular complexity index is 622. The predicted molar refractivity (Wildman–Crippen MR) is 83.1 cm³/mol. The van der Waals surface area contributed by atoms with Crippen molar-refractivity contribution >= 4 is 5.69 Å². The molecule has 0 aliphatic rings. The number of H-pyrrole nitrogens is 1. The number of unbranched alkanes of at least 4 members (excludes halogenated alkanes) is 2. The molecule has 0 spiro atoms. The molecular formula is C15H20N4O2. The van der Waals surface area contributed by atoms with Gasteiger partial charge in [-0.1, -0.05) is 19.8 Å². The summed E-state index contributed by atoms with van der Waals surface area (Å²) in [5.74, 6) is 6.23. The molecule has 112 valence electrons. The summed E-state index contributed by atoms with van der Waals surface area (Å²) >= 11 is 0. The van der Waals surface area contributed by atoms with Gasteiger partial charge in [0.25, 0.3) is 5.56 Å². The zero-order valence-corrected chi connectivity index (χ0v) is 12.1. The van der Waals surface area contributed by atoms with E-state index in [-0.39, 0.29) is 5.56 Å². The van der Waals surface area contributed by atoms with Gasteiger partial charge in [0.1, 0.15) is 11.4 Å². The Hall–Kier alpha value is -2.34. The first-order chi connectivity index (χ1) is 10.2. The molecule has 2 rings (SSSR count). The molecule has 0 fully saturated rings. The summed E-state index contributed by atoms with van der Waals surface area (Å²) in [5, 5.41) is 6.42. The third kappa shape index (κ3) is 4.06. The number of hydrogen-bond donors (Lipinski definition) is 3. The summed E-state index contributed by atoms with van der Waals surface area (Å²) in [6.07, 6.45) is 3.40. The number of nitrogens with one attached hydrogen (secondary N) is 2. The van der Waals surface area contributed by atoms with Crippen LogP contribution in [-0.4, -0.2) is 16.8 Å². The molecule has 0 aliphatic carbocycles. The molecule has 2 aromatic rings. The Labute approximate surface area is 123 Å². The van der Waals surface area contributed by atoms with E-state index in [9.17, 15) is 4.79 Å². The number of nitrogen functional groups attached to an aromatic ring is 1. The van der Waals surface area contributed by atoms with E-state index in [4.69, 9.17) is 10.6 Å². The standard InChI is InChI=1S/C15H20N4O2/c1-2-3-4-9-21-12-7-5-11(6-8-12)15-13(17-16)10-14(20)18-19-15/h5-8,10H,2-4,9,16H2,1H3,(H2,17,18,20). The molecule has 0 saturated carbocycles. The van der Waals surface area contributed by atoms with Crippen molar-refractivity contribution in [2.45, 2.75) is 26.2 Å². The van der Waals surface area contributed by atoms with Crippen LogP contribution < -0.4 is 21.6 Å². The summed E-state index contributed by atoms with van der Waals surface area (Å²) in [6, 6.07) is 8.91. The van der Waals surface area contributed by atoms with Gasteiger partial charge in [0.05, 0.1) is 12.3 Å². The Balaban J connectivity index is 2.10. The van der Waals surface area contributed by atoms with Gasteiger partial charge in [0.15, 0.2) is 0 Å². The highest BCUT2D eigenvalue weighted by Crippen LogP contribution is 2.25. The second-order valence-electron chi connectivity index (χ2n) is 4.72. The molecule has 0 radical (unpaired) electrons.